The lowest BCUT2D eigenvalue weighted by Gasteiger charge is -2.46. The summed E-state index contributed by atoms with van der Waals surface area (Å²) in [6.45, 7) is 7.76. The molecule has 4 heteroatoms. The monoisotopic (exact) mass is 365 g/mol. The molecule has 1 aliphatic heterocycles. The van der Waals surface area contributed by atoms with Crippen LogP contribution in [0.25, 0.3) is 0 Å². The highest BCUT2D eigenvalue weighted by Crippen LogP contribution is 2.39. The van der Waals surface area contributed by atoms with Crippen LogP contribution in [0.5, 0.6) is 0 Å². The molecule has 0 bridgehead atoms. The van der Waals surface area contributed by atoms with Crippen LogP contribution in [0.15, 0.2) is 54.9 Å². The number of amides is 1. The quantitative estimate of drug-likeness (QED) is 0.806. The van der Waals surface area contributed by atoms with Gasteiger partial charge in [0.2, 0.25) is 0 Å². The number of benzene rings is 1. The highest BCUT2D eigenvalue weighted by Gasteiger charge is 2.41. The summed E-state index contributed by atoms with van der Waals surface area (Å²) < 4.78 is 0. The van der Waals surface area contributed by atoms with Gasteiger partial charge in [0.15, 0.2) is 0 Å². The number of rotatable bonds is 7. The Morgan fingerprint density at radius 1 is 1.15 bits per heavy atom. The Morgan fingerprint density at radius 3 is 2.44 bits per heavy atom. The second kappa shape index (κ2) is 9.14. The van der Waals surface area contributed by atoms with Gasteiger partial charge in [-0.1, -0.05) is 43.7 Å². The van der Waals surface area contributed by atoms with Crippen molar-refractivity contribution in [1.29, 1.82) is 0 Å². The predicted octanol–water partition coefficient (Wildman–Crippen LogP) is 4.03. The third-order valence-electron chi connectivity index (χ3n) is 6.04. The average molecular weight is 366 g/mol. The second-order valence-corrected chi connectivity index (χ2v) is 7.65. The molecule has 1 aliphatic rings. The van der Waals surface area contributed by atoms with Crippen LogP contribution in [0, 0.1) is 0 Å². The number of unbranched alkanes of at least 4 members (excludes halogenated alkanes) is 1. The van der Waals surface area contributed by atoms with E-state index in [0.29, 0.717) is 5.56 Å². The topological polar surface area (TPSA) is 45.2 Å². The third-order valence-corrected chi connectivity index (χ3v) is 6.04. The first-order chi connectivity index (χ1) is 13.2. The van der Waals surface area contributed by atoms with Crippen molar-refractivity contribution in [1.82, 2.24) is 15.2 Å². The normalized spacial score (nSPS) is 18.0. The standard InChI is InChI=1S/C23H31N3O/c1-3-4-16-26-17-12-23(13-18-26,21-8-6-5-7-9-21)19(2)25-22(27)20-10-14-24-15-11-20/h5-11,14-15,19H,3-4,12-13,16-18H2,1-2H3,(H,25,27). The lowest BCUT2D eigenvalue weighted by molar-refractivity contribution is 0.0866. The maximum absolute atomic E-state index is 12.7. The number of aromatic nitrogens is 1. The molecule has 3 rings (SSSR count). The van der Waals surface area contributed by atoms with Gasteiger partial charge >= 0.3 is 0 Å². The molecule has 0 aliphatic carbocycles. The van der Waals surface area contributed by atoms with E-state index >= 15 is 0 Å². The molecule has 1 unspecified atom stereocenters. The van der Waals surface area contributed by atoms with Crippen LogP contribution in [0.2, 0.25) is 0 Å². The fourth-order valence-corrected chi connectivity index (χ4v) is 4.22. The summed E-state index contributed by atoms with van der Waals surface area (Å²) in [6, 6.07) is 14.3. The first-order valence-electron chi connectivity index (χ1n) is 10.1. The van der Waals surface area contributed by atoms with Gasteiger partial charge in [-0.2, -0.15) is 0 Å². The molecule has 1 amide bonds. The van der Waals surface area contributed by atoms with E-state index in [2.05, 4.69) is 59.4 Å². The van der Waals surface area contributed by atoms with Crippen LogP contribution in [0.4, 0.5) is 0 Å². The van der Waals surface area contributed by atoms with Gasteiger partial charge in [0.25, 0.3) is 5.91 Å². The summed E-state index contributed by atoms with van der Waals surface area (Å²) in [7, 11) is 0. The Morgan fingerprint density at radius 2 is 1.81 bits per heavy atom. The number of carbonyl (C=O) groups excluding carboxylic acids is 1. The molecule has 0 spiro atoms. The molecular formula is C23H31N3O. The molecule has 1 atom stereocenters. The van der Waals surface area contributed by atoms with E-state index < -0.39 is 0 Å². The van der Waals surface area contributed by atoms with E-state index in [-0.39, 0.29) is 17.4 Å². The van der Waals surface area contributed by atoms with Crippen LogP contribution in [0.1, 0.15) is 55.5 Å². The number of hydrogen-bond acceptors (Lipinski definition) is 3. The van der Waals surface area contributed by atoms with E-state index in [4.69, 9.17) is 0 Å². The van der Waals surface area contributed by atoms with Gasteiger partial charge in [-0.3, -0.25) is 9.78 Å². The minimum absolute atomic E-state index is 0.0198. The van der Waals surface area contributed by atoms with E-state index in [1.54, 1.807) is 24.5 Å². The smallest absolute Gasteiger partial charge is 0.251 e. The van der Waals surface area contributed by atoms with Gasteiger partial charge in [-0.15, -0.1) is 0 Å². The van der Waals surface area contributed by atoms with E-state index in [1.807, 2.05) is 0 Å². The van der Waals surface area contributed by atoms with Crippen molar-refractivity contribution in [2.75, 3.05) is 19.6 Å². The fourth-order valence-electron chi connectivity index (χ4n) is 4.22. The molecule has 1 aromatic carbocycles. The highest BCUT2D eigenvalue weighted by molar-refractivity contribution is 5.94. The first-order valence-corrected chi connectivity index (χ1v) is 10.1. The molecule has 27 heavy (non-hydrogen) atoms. The number of hydrogen-bond donors (Lipinski definition) is 1. The number of likely N-dealkylation sites (tertiary alicyclic amines) is 1. The third kappa shape index (κ3) is 4.56. The van der Waals surface area contributed by atoms with Gasteiger partial charge < -0.3 is 10.2 Å². The van der Waals surface area contributed by atoms with Crippen molar-refractivity contribution in [2.45, 2.75) is 51.0 Å². The summed E-state index contributed by atoms with van der Waals surface area (Å²) in [5, 5.41) is 3.28. The SMILES string of the molecule is CCCCN1CCC(c2ccccc2)(C(C)NC(=O)c2ccncc2)CC1. The Hall–Kier alpha value is -2.20. The molecule has 1 fully saturated rings. The van der Waals surface area contributed by atoms with Gasteiger partial charge in [0.1, 0.15) is 0 Å². The summed E-state index contributed by atoms with van der Waals surface area (Å²) in [4.78, 5) is 19.3. The second-order valence-electron chi connectivity index (χ2n) is 7.65. The predicted molar refractivity (Wildman–Crippen MR) is 110 cm³/mol. The van der Waals surface area contributed by atoms with Crippen LogP contribution >= 0.6 is 0 Å². The first kappa shape index (κ1) is 19.6. The van der Waals surface area contributed by atoms with E-state index in [0.717, 1.165) is 25.9 Å². The molecule has 1 aromatic heterocycles. The van der Waals surface area contributed by atoms with E-state index in [9.17, 15) is 4.79 Å². The van der Waals surface area contributed by atoms with Crippen LogP contribution in [0.3, 0.4) is 0 Å². The fraction of sp³-hybridized carbons (Fsp3) is 0.478. The molecule has 4 nitrogen and oxygen atoms in total. The largest absolute Gasteiger partial charge is 0.349 e. The van der Waals surface area contributed by atoms with Gasteiger partial charge in [0, 0.05) is 29.4 Å². The zero-order valence-corrected chi connectivity index (χ0v) is 16.5. The van der Waals surface area contributed by atoms with Gasteiger partial charge in [-0.05, 0) is 63.5 Å². The molecule has 2 heterocycles. The van der Waals surface area contributed by atoms with Crippen LogP contribution in [-0.2, 0) is 5.41 Å². The van der Waals surface area contributed by atoms with Crippen molar-refractivity contribution in [3.63, 3.8) is 0 Å². The van der Waals surface area contributed by atoms with Gasteiger partial charge in [-0.25, -0.2) is 0 Å². The number of nitrogens with one attached hydrogen (secondary N) is 1. The number of carbonyl (C=O) groups is 1. The summed E-state index contributed by atoms with van der Waals surface area (Å²) in [6.07, 6.45) is 7.96. The average Bonchev–Trinajstić information content (AvgIpc) is 2.73. The minimum atomic E-state index is -0.0212. The van der Waals surface area contributed by atoms with Crippen molar-refractivity contribution in [3.05, 3.63) is 66.0 Å². The summed E-state index contributed by atoms with van der Waals surface area (Å²) >= 11 is 0. The number of nitrogens with zero attached hydrogens (tertiary/aromatic N) is 2. The highest BCUT2D eigenvalue weighted by atomic mass is 16.1. The van der Waals surface area contributed by atoms with Crippen molar-refractivity contribution in [3.8, 4) is 0 Å². The van der Waals surface area contributed by atoms with Gasteiger partial charge in [0.05, 0.1) is 0 Å². The maximum atomic E-state index is 12.7. The number of pyridine rings is 1. The van der Waals surface area contributed by atoms with E-state index in [1.165, 1.54) is 24.9 Å². The Kier molecular flexibility index (Phi) is 6.62. The lowest BCUT2D eigenvalue weighted by Crippen LogP contribution is -2.54. The lowest BCUT2D eigenvalue weighted by atomic mass is 9.68. The minimum Gasteiger partial charge on any atom is -0.349 e. The summed E-state index contributed by atoms with van der Waals surface area (Å²) in [5.41, 5.74) is 1.98. The Balaban J connectivity index is 1.78. The zero-order valence-electron chi connectivity index (χ0n) is 16.5. The molecule has 1 N–H and O–H groups in total. The zero-order chi connectivity index (χ0) is 19.1. The van der Waals surface area contributed by atoms with Crippen molar-refractivity contribution >= 4 is 5.91 Å². The molecule has 144 valence electrons. The van der Waals surface area contributed by atoms with Crippen molar-refractivity contribution < 1.29 is 4.79 Å². The van der Waals surface area contributed by atoms with Crippen molar-refractivity contribution in [2.24, 2.45) is 0 Å². The molecule has 2 aromatic rings. The van der Waals surface area contributed by atoms with Crippen LogP contribution < -0.4 is 5.32 Å². The number of piperidine rings is 1. The Labute approximate surface area is 163 Å². The molecule has 1 saturated heterocycles. The summed E-state index contributed by atoms with van der Waals surface area (Å²) in [5.74, 6) is -0.0198. The van der Waals surface area contributed by atoms with Crippen LogP contribution in [-0.4, -0.2) is 41.5 Å². The molecule has 0 saturated carbocycles. The maximum Gasteiger partial charge on any atom is 0.251 e. The molecule has 0 radical (unpaired) electrons. The molecular weight excluding hydrogens is 334 g/mol. The Bertz CT molecular complexity index is 709.